The summed E-state index contributed by atoms with van der Waals surface area (Å²) in [6.07, 6.45) is 2.03. The lowest BCUT2D eigenvalue weighted by Gasteiger charge is -2.12. The molecule has 0 aliphatic rings. The van der Waals surface area contributed by atoms with Crippen molar-refractivity contribution in [2.24, 2.45) is 5.92 Å². The summed E-state index contributed by atoms with van der Waals surface area (Å²) in [4.78, 5) is 0. The van der Waals surface area contributed by atoms with Crippen molar-refractivity contribution in [3.05, 3.63) is 28.3 Å². The molecular weight excluding hydrogens is 271 g/mol. The molecule has 0 aromatic heterocycles. The van der Waals surface area contributed by atoms with Crippen LogP contribution in [0.2, 0.25) is 5.02 Å². The lowest BCUT2D eigenvalue weighted by Crippen LogP contribution is -1.96. The summed E-state index contributed by atoms with van der Waals surface area (Å²) in [5.74, 6) is 2.07. The highest BCUT2D eigenvalue weighted by Crippen LogP contribution is 2.36. The van der Waals surface area contributed by atoms with Gasteiger partial charge in [0.15, 0.2) is 11.5 Å². The van der Waals surface area contributed by atoms with Gasteiger partial charge in [-0.3, -0.25) is 0 Å². The van der Waals surface area contributed by atoms with Crippen molar-refractivity contribution < 1.29 is 9.47 Å². The zero-order chi connectivity index (χ0) is 13.7. The Morgan fingerprint density at radius 1 is 1.28 bits per heavy atom. The van der Waals surface area contributed by atoms with Gasteiger partial charge in [-0.05, 0) is 23.6 Å². The van der Waals surface area contributed by atoms with Crippen molar-refractivity contribution in [3.63, 3.8) is 0 Å². The molecule has 0 unspecified atom stereocenters. The van der Waals surface area contributed by atoms with Gasteiger partial charge in [0.05, 0.1) is 19.2 Å². The zero-order valence-corrected chi connectivity index (χ0v) is 12.6. The Morgan fingerprint density at radius 3 is 2.39 bits per heavy atom. The van der Waals surface area contributed by atoms with Gasteiger partial charge in [-0.25, -0.2) is 0 Å². The Hall–Kier alpha value is -0.860. The SMILES string of the molecule is COc1cc(C=C(CCl)C(C)C)cc(Cl)c1OC. The van der Waals surface area contributed by atoms with Crippen LogP contribution in [-0.4, -0.2) is 20.1 Å². The fourth-order valence-corrected chi connectivity index (χ4v) is 2.28. The van der Waals surface area contributed by atoms with Gasteiger partial charge in [0.1, 0.15) is 0 Å². The first-order valence-electron chi connectivity index (χ1n) is 5.71. The van der Waals surface area contributed by atoms with E-state index in [-0.39, 0.29) is 0 Å². The van der Waals surface area contributed by atoms with Crippen LogP contribution in [0.1, 0.15) is 19.4 Å². The van der Waals surface area contributed by atoms with E-state index in [0.717, 1.165) is 11.1 Å². The van der Waals surface area contributed by atoms with E-state index in [1.807, 2.05) is 18.2 Å². The maximum atomic E-state index is 6.15. The fraction of sp³-hybridized carbons (Fsp3) is 0.429. The number of ether oxygens (including phenoxy) is 2. The highest BCUT2D eigenvalue weighted by atomic mass is 35.5. The molecule has 0 saturated heterocycles. The van der Waals surface area contributed by atoms with Gasteiger partial charge in [0.2, 0.25) is 0 Å². The van der Waals surface area contributed by atoms with Crippen molar-refractivity contribution >= 4 is 29.3 Å². The molecule has 1 rings (SSSR count). The largest absolute Gasteiger partial charge is 0.493 e. The highest BCUT2D eigenvalue weighted by molar-refractivity contribution is 6.32. The van der Waals surface area contributed by atoms with Gasteiger partial charge in [-0.1, -0.05) is 37.1 Å². The Balaban J connectivity index is 3.23. The molecule has 0 saturated carbocycles. The summed E-state index contributed by atoms with van der Waals surface area (Å²) in [6.45, 7) is 4.22. The van der Waals surface area contributed by atoms with Crippen LogP contribution in [0.3, 0.4) is 0 Å². The Morgan fingerprint density at radius 2 is 1.94 bits per heavy atom. The number of rotatable bonds is 5. The molecule has 0 aliphatic heterocycles. The lowest BCUT2D eigenvalue weighted by molar-refractivity contribution is 0.355. The minimum Gasteiger partial charge on any atom is -0.493 e. The molecule has 2 nitrogen and oxygen atoms in total. The molecule has 0 bridgehead atoms. The number of allylic oxidation sites excluding steroid dienone is 1. The van der Waals surface area contributed by atoms with E-state index in [1.165, 1.54) is 0 Å². The van der Waals surface area contributed by atoms with Crippen LogP contribution >= 0.6 is 23.2 Å². The third-order valence-electron chi connectivity index (χ3n) is 2.70. The number of benzene rings is 1. The quantitative estimate of drug-likeness (QED) is 0.735. The molecule has 0 heterocycles. The van der Waals surface area contributed by atoms with Gasteiger partial charge < -0.3 is 9.47 Å². The molecule has 0 radical (unpaired) electrons. The van der Waals surface area contributed by atoms with Crippen molar-refractivity contribution in [2.45, 2.75) is 13.8 Å². The second kappa shape index (κ2) is 6.91. The van der Waals surface area contributed by atoms with Crippen LogP contribution in [0.25, 0.3) is 6.08 Å². The number of alkyl halides is 1. The maximum absolute atomic E-state index is 6.15. The molecule has 4 heteroatoms. The molecule has 1 aromatic rings. The number of hydrogen-bond acceptors (Lipinski definition) is 2. The second-order valence-electron chi connectivity index (χ2n) is 4.25. The van der Waals surface area contributed by atoms with E-state index in [2.05, 4.69) is 13.8 Å². The molecule has 0 amide bonds. The second-order valence-corrected chi connectivity index (χ2v) is 4.92. The summed E-state index contributed by atoms with van der Waals surface area (Å²) in [6, 6.07) is 3.73. The molecule has 0 spiro atoms. The van der Waals surface area contributed by atoms with Crippen LogP contribution in [0.5, 0.6) is 11.5 Å². The smallest absolute Gasteiger partial charge is 0.179 e. The molecule has 0 N–H and O–H groups in total. The Labute approximate surface area is 118 Å². The van der Waals surface area contributed by atoms with E-state index < -0.39 is 0 Å². The Kier molecular flexibility index (Phi) is 5.83. The van der Waals surface area contributed by atoms with E-state index in [0.29, 0.717) is 28.3 Å². The molecule has 18 heavy (non-hydrogen) atoms. The van der Waals surface area contributed by atoms with Gasteiger partial charge in [-0.15, -0.1) is 11.6 Å². The zero-order valence-electron chi connectivity index (χ0n) is 11.1. The topological polar surface area (TPSA) is 18.5 Å². The van der Waals surface area contributed by atoms with Gasteiger partial charge in [-0.2, -0.15) is 0 Å². The standard InChI is InChI=1S/C14H18Cl2O2/c1-9(2)11(8-15)5-10-6-12(16)14(18-4)13(7-10)17-3/h5-7,9H,8H2,1-4H3. The monoisotopic (exact) mass is 288 g/mol. The average molecular weight is 289 g/mol. The molecule has 0 aliphatic carbocycles. The van der Waals surface area contributed by atoms with Crippen molar-refractivity contribution in [2.75, 3.05) is 20.1 Å². The first-order valence-corrected chi connectivity index (χ1v) is 6.62. The highest BCUT2D eigenvalue weighted by Gasteiger charge is 2.11. The third kappa shape index (κ3) is 3.56. The van der Waals surface area contributed by atoms with Crippen molar-refractivity contribution in [1.82, 2.24) is 0 Å². The predicted octanol–water partition coefficient (Wildman–Crippen LogP) is 4.64. The number of hydrogen-bond donors (Lipinski definition) is 0. The summed E-state index contributed by atoms with van der Waals surface area (Å²) in [7, 11) is 3.16. The number of methoxy groups -OCH3 is 2. The van der Waals surface area contributed by atoms with E-state index in [1.54, 1.807) is 14.2 Å². The molecule has 0 fully saturated rings. The van der Waals surface area contributed by atoms with Gasteiger partial charge in [0.25, 0.3) is 0 Å². The molecule has 1 aromatic carbocycles. The molecule has 0 atom stereocenters. The van der Waals surface area contributed by atoms with Crippen LogP contribution in [0.4, 0.5) is 0 Å². The van der Waals surface area contributed by atoms with Crippen LogP contribution in [0.15, 0.2) is 17.7 Å². The van der Waals surface area contributed by atoms with E-state index in [9.17, 15) is 0 Å². The van der Waals surface area contributed by atoms with Crippen LogP contribution < -0.4 is 9.47 Å². The van der Waals surface area contributed by atoms with Gasteiger partial charge in [0, 0.05) is 5.88 Å². The molecular formula is C14H18Cl2O2. The summed E-state index contributed by atoms with van der Waals surface area (Å²) in [5, 5.41) is 0.528. The minimum absolute atomic E-state index is 0.398. The van der Waals surface area contributed by atoms with E-state index in [4.69, 9.17) is 32.7 Å². The van der Waals surface area contributed by atoms with Gasteiger partial charge >= 0.3 is 0 Å². The fourth-order valence-electron chi connectivity index (χ4n) is 1.59. The third-order valence-corrected chi connectivity index (χ3v) is 3.29. The van der Waals surface area contributed by atoms with Crippen LogP contribution in [-0.2, 0) is 0 Å². The average Bonchev–Trinajstić information content (AvgIpc) is 2.34. The van der Waals surface area contributed by atoms with E-state index >= 15 is 0 Å². The van der Waals surface area contributed by atoms with Crippen molar-refractivity contribution in [3.8, 4) is 11.5 Å². The first kappa shape index (κ1) is 15.2. The lowest BCUT2D eigenvalue weighted by atomic mass is 10.0. The van der Waals surface area contributed by atoms with Crippen LogP contribution in [0, 0.1) is 5.92 Å². The first-order chi connectivity index (χ1) is 8.53. The maximum Gasteiger partial charge on any atom is 0.179 e. The number of halogens is 2. The molecule has 100 valence electrons. The van der Waals surface area contributed by atoms with Crippen molar-refractivity contribution in [1.29, 1.82) is 0 Å². The summed E-state index contributed by atoms with van der Waals surface area (Å²) in [5.41, 5.74) is 2.11. The normalized spacial score (nSPS) is 11.8. The summed E-state index contributed by atoms with van der Waals surface area (Å²) < 4.78 is 10.5. The summed E-state index contributed by atoms with van der Waals surface area (Å²) >= 11 is 12.1. The Bertz CT molecular complexity index is 440. The predicted molar refractivity (Wildman–Crippen MR) is 78.1 cm³/mol. The minimum atomic E-state index is 0.398.